The van der Waals surface area contributed by atoms with Gasteiger partial charge in [0, 0.05) is 40.0 Å². The number of aryl methyl sites for hydroxylation is 2. The molecule has 0 bridgehead atoms. The molecule has 0 spiro atoms. The van der Waals surface area contributed by atoms with Crippen molar-refractivity contribution in [2.45, 2.75) is 39.7 Å². The monoisotopic (exact) mass is 504 g/mol. The van der Waals surface area contributed by atoms with E-state index in [1.165, 1.54) is 10.4 Å². The molecule has 0 fully saturated rings. The first kappa shape index (κ1) is 23.4. The number of thiophene rings is 1. The SMILES string of the molecule is Cc1sc2c(c1C)C(c1ccc(Cl)cc1)=N[C@@H](CC(=O)NCCc1cccnc1)c1nnc(C)n1-2. The molecular formula is C26H25ClN6OS. The molecule has 1 aliphatic rings. The van der Waals surface area contributed by atoms with E-state index < -0.39 is 6.04 Å². The smallest absolute Gasteiger partial charge is 0.222 e. The summed E-state index contributed by atoms with van der Waals surface area (Å²) in [6.45, 7) is 6.69. The van der Waals surface area contributed by atoms with Crippen LogP contribution < -0.4 is 5.32 Å². The molecular weight excluding hydrogens is 480 g/mol. The van der Waals surface area contributed by atoms with Gasteiger partial charge in [0.05, 0.1) is 12.1 Å². The summed E-state index contributed by atoms with van der Waals surface area (Å²) in [5.74, 6) is 1.37. The Balaban J connectivity index is 1.50. The van der Waals surface area contributed by atoms with E-state index in [2.05, 4.69) is 38.9 Å². The minimum Gasteiger partial charge on any atom is -0.356 e. The van der Waals surface area contributed by atoms with Crippen molar-refractivity contribution in [3.63, 3.8) is 0 Å². The van der Waals surface area contributed by atoms with Gasteiger partial charge in [0.25, 0.3) is 0 Å². The Morgan fingerprint density at radius 3 is 2.69 bits per heavy atom. The highest BCUT2D eigenvalue weighted by molar-refractivity contribution is 7.15. The van der Waals surface area contributed by atoms with Gasteiger partial charge in [-0.25, -0.2) is 0 Å². The standard InChI is InChI=1S/C26H25ClN6OS/c1-15-16(2)35-26-23(15)24(19-6-8-20(27)9-7-19)30-21(25-32-31-17(3)33(25)26)13-22(34)29-12-10-18-5-4-11-28-14-18/h4-9,11,14,21H,10,12-13H2,1-3H3,(H,29,34)/t21-/m0/s1. The molecule has 1 atom stereocenters. The lowest BCUT2D eigenvalue weighted by molar-refractivity contribution is -0.121. The fourth-order valence-corrected chi connectivity index (χ4v) is 5.61. The second kappa shape index (κ2) is 9.71. The number of carbonyl (C=O) groups excluding carboxylic acids is 1. The van der Waals surface area contributed by atoms with Gasteiger partial charge < -0.3 is 5.32 Å². The number of nitrogens with zero attached hydrogens (tertiary/aromatic N) is 5. The third-order valence-electron chi connectivity index (χ3n) is 6.19. The van der Waals surface area contributed by atoms with Gasteiger partial charge >= 0.3 is 0 Å². The van der Waals surface area contributed by atoms with E-state index in [1.54, 1.807) is 17.5 Å². The zero-order chi connectivity index (χ0) is 24.5. The van der Waals surface area contributed by atoms with Crippen molar-refractivity contribution in [1.82, 2.24) is 25.1 Å². The number of amides is 1. The molecule has 1 N–H and O–H groups in total. The number of aliphatic imine (C=N–C) groups is 1. The molecule has 4 aromatic rings. The van der Waals surface area contributed by atoms with Gasteiger partial charge in [-0.1, -0.05) is 29.8 Å². The first-order valence-corrected chi connectivity index (χ1v) is 12.6. The molecule has 4 heterocycles. The van der Waals surface area contributed by atoms with Gasteiger partial charge in [-0.05, 0) is 56.5 Å². The number of rotatable bonds is 6. The molecule has 0 aliphatic carbocycles. The molecule has 7 nitrogen and oxygen atoms in total. The number of aromatic nitrogens is 4. The lowest BCUT2D eigenvalue weighted by Crippen LogP contribution is -2.27. The summed E-state index contributed by atoms with van der Waals surface area (Å²) >= 11 is 7.86. The highest BCUT2D eigenvalue weighted by Gasteiger charge is 2.32. The van der Waals surface area contributed by atoms with Crippen molar-refractivity contribution in [3.8, 4) is 5.00 Å². The van der Waals surface area contributed by atoms with Crippen LogP contribution in [0.3, 0.4) is 0 Å². The Kier molecular flexibility index (Phi) is 6.49. The van der Waals surface area contributed by atoms with Crippen molar-refractivity contribution in [2.75, 3.05) is 6.54 Å². The van der Waals surface area contributed by atoms with Crippen LogP contribution in [0.25, 0.3) is 5.00 Å². The van der Waals surface area contributed by atoms with Crippen LogP contribution in [0.4, 0.5) is 0 Å². The number of carbonyl (C=O) groups is 1. The average molecular weight is 505 g/mol. The van der Waals surface area contributed by atoms with Crippen LogP contribution in [0.15, 0.2) is 53.8 Å². The van der Waals surface area contributed by atoms with Crippen LogP contribution >= 0.6 is 22.9 Å². The second-order valence-electron chi connectivity index (χ2n) is 8.57. The van der Waals surface area contributed by atoms with Crippen LogP contribution in [0, 0.1) is 20.8 Å². The first-order chi connectivity index (χ1) is 16.9. The molecule has 1 amide bonds. The summed E-state index contributed by atoms with van der Waals surface area (Å²) in [4.78, 5) is 23.5. The average Bonchev–Trinajstić information content (AvgIpc) is 3.32. The molecule has 1 aromatic carbocycles. The van der Waals surface area contributed by atoms with E-state index in [0.717, 1.165) is 33.2 Å². The van der Waals surface area contributed by atoms with Gasteiger partial charge in [-0.15, -0.1) is 21.5 Å². The molecule has 35 heavy (non-hydrogen) atoms. The molecule has 3 aromatic heterocycles. The number of hydrogen-bond acceptors (Lipinski definition) is 6. The second-order valence-corrected chi connectivity index (χ2v) is 10.2. The van der Waals surface area contributed by atoms with Gasteiger partial charge in [-0.2, -0.15) is 0 Å². The van der Waals surface area contributed by atoms with Crippen molar-refractivity contribution >= 4 is 34.6 Å². The molecule has 1 aliphatic heterocycles. The summed E-state index contributed by atoms with van der Waals surface area (Å²) in [5, 5.41) is 13.5. The normalized spacial score (nSPS) is 14.6. The highest BCUT2D eigenvalue weighted by atomic mass is 35.5. The Hall–Kier alpha value is -3.36. The molecule has 0 saturated carbocycles. The maximum Gasteiger partial charge on any atom is 0.222 e. The molecule has 0 unspecified atom stereocenters. The van der Waals surface area contributed by atoms with E-state index >= 15 is 0 Å². The van der Waals surface area contributed by atoms with Gasteiger partial charge in [0.1, 0.15) is 16.9 Å². The third kappa shape index (κ3) is 4.63. The predicted molar refractivity (Wildman–Crippen MR) is 139 cm³/mol. The number of fused-ring (bicyclic) bond motifs is 3. The van der Waals surface area contributed by atoms with Crippen LogP contribution in [0.1, 0.15) is 51.2 Å². The van der Waals surface area contributed by atoms with Crippen molar-refractivity contribution in [1.29, 1.82) is 0 Å². The van der Waals surface area contributed by atoms with Crippen LogP contribution in [-0.2, 0) is 11.2 Å². The topological polar surface area (TPSA) is 85.1 Å². The Bertz CT molecular complexity index is 1410. The summed E-state index contributed by atoms with van der Waals surface area (Å²) < 4.78 is 2.06. The van der Waals surface area contributed by atoms with E-state index in [-0.39, 0.29) is 12.3 Å². The third-order valence-corrected chi connectivity index (χ3v) is 7.64. The fourth-order valence-electron chi connectivity index (χ4n) is 4.27. The summed E-state index contributed by atoms with van der Waals surface area (Å²) in [6.07, 6.45) is 4.45. The molecule has 9 heteroatoms. The van der Waals surface area contributed by atoms with E-state index in [1.807, 2.05) is 49.5 Å². The Morgan fingerprint density at radius 2 is 1.94 bits per heavy atom. The van der Waals surface area contributed by atoms with E-state index in [0.29, 0.717) is 23.8 Å². The zero-order valence-corrected chi connectivity index (χ0v) is 21.3. The van der Waals surface area contributed by atoms with E-state index in [4.69, 9.17) is 16.6 Å². The number of hydrogen-bond donors (Lipinski definition) is 1. The molecule has 178 valence electrons. The van der Waals surface area contributed by atoms with Crippen LogP contribution in [-0.4, -0.2) is 37.9 Å². The number of nitrogens with one attached hydrogen (secondary N) is 1. The first-order valence-electron chi connectivity index (χ1n) is 11.4. The minimum atomic E-state index is -0.473. The van der Waals surface area contributed by atoms with Gasteiger partial charge in [0.15, 0.2) is 5.82 Å². The largest absolute Gasteiger partial charge is 0.356 e. The zero-order valence-electron chi connectivity index (χ0n) is 19.7. The summed E-state index contributed by atoms with van der Waals surface area (Å²) in [7, 11) is 0. The summed E-state index contributed by atoms with van der Waals surface area (Å²) in [6, 6.07) is 11.1. The molecule has 0 saturated heterocycles. The minimum absolute atomic E-state index is 0.0801. The lowest BCUT2D eigenvalue weighted by Gasteiger charge is -2.13. The summed E-state index contributed by atoms with van der Waals surface area (Å²) in [5.41, 5.74) is 5.10. The van der Waals surface area contributed by atoms with Crippen LogP contribution in [0.2, 0.25) is 5.02 Å². The maximum absolute atomic E-state index is 13.0. The van der Waals surface area contributed by atoms with E-state index in [9.17, 15) is 4.79 Å². The van der Waals surface area contributed by atoms with Crippen molar-refractivity contribution in [2.24, 2.45) is 4.99 Å². The van der Waals surface area contributed by atoms with Crippen molar-refractivity contribution in [3.05, 3.63) is 92.6 Å². The molecule has 0 radical (unpaired) electrons. The number of halogens is 1. The lowest BCUT2D eigenvalue weighted by atomic mass is 9.99. The molecule has 5 rings (SSSR count). The Labute approximate surface area is 212 Å². The predicted octanol–water partition coefficient (Wildman–Crippen LogP) is 4.94. The highest BCUT2D eigenvalue weighted by Crippen LogP contribution is 2.39. The van der Waals surface area contributed by atoms with Gasteiger partial charge in [-0.3, -0.25) is 19.3 Å². The maximum atomic E-state index is 13.0. The fraction of sp³-hybridized carbons (Fsp3) is 0.269. The quantitative estimate of drug-likeness (QED) is 0.403. The number of pyridine rings is 1. The number of benzene rings is 1. The van der Waals surface area contributed by atoms with Crippen molar-refractivity contribution < 1.29 is 4.79 Å². The van der Waals surface area contributed by atoms with Crippen LogP contribution in [0.5, 0.6) is 0 Å². The Morgan fingerprint density at radius 1 is 1.14 bits per heavy atom. The van der Waals surface area contributed by atoms with Gasteiger partial charge in [0.2, 0.25) is 5.91 Å².